The Morgan fingerprint density at radius 1 is 1.03 bits per heavy atom. The fourth-order valence-electron chi connectivity index (χ4n) is 4.04. The van der Waals surface area contributed by atoms with Gasteiger partial charge in [0.15, 0.2) is 11.6 Å². The Morgan fingerprint density at radius 2 is 1.86 bits per heavy atom. The van der Waals surface area contributed by atoms with Crippen LogP contribution in [0.3, 0.4) is 0 Å². The van der Waals surface area contributed by atoms with Gasteiger partial charge < -0.3 is 19.8 Å². The third-order valence-corrected chi connectivity index (χ3v) is 6.13. The van der Waals surface area contributed by atoms with Gasteiger partial charge in [-0.05, 0) is 12.1 Å². The van der Waals surface area contributed by atoms with Crippen molar-refractivity contribution in [2.24, 2.45) is 5.41 Å². The SMILES string of the molecule is CC(C)(C)C(O)Nc1cncc(-c2ncc3[nH]nc(-c4nc5c(-c6ccoc6)cncc5[nH]4)c3c2F)c1. The number of aliphatic hydroxyl groups excluding tert-OH is 1. The highest BCUT2D eigenvalue weighted by Crippen LogP contribution is 2.34. The largest absolute Gasteiger partial charge is 0.472 e. The molecule has 0 spiro atoms. The molecule has 1 unspecified atom stereocenters. The third kappa shape index (κ3) is 3.99. The van der Waals surface area contributed by atoms with Gasteiger partial charge in [0.1, 0.15) is 23.1 Å². The summed E-state index contributed by atoms with van der Waals surface area (Å²) in [5, 5.41) is 20.8. The molecule has 4 N–H and O–H groups in total. The van der Waals surface area contributed by atoms with Gasteiger partial charge in [-0.2, -0.15) is 5.10 Å². The fraction of sp³-hybridized carbons (Fsp3) is 0.192. The lowest BCUT2D eigenvalue weighted by Gasteiger charge is -2.27. The standard InChI is InChI=1S/C26H23FN8O2/c1-26(2,3)25(36)31-15-6-14(7-28-8-15)21-20(27)19-17(11-30-21)34-35-23(19)24-32-18-10-29-9-16(22(18)33-24)13-4-5-37-12-13/h4-12,25,31,36H,1-3H3,(H,32,33)(H,34,35). The van der Waals surface area contributed by atoms with E-state index in [-0.39, 0.29) is 11.1 Å². The van der Waals surface area contributed by atoms with Gasteiger partial charge in [0, 0.05) is 34.5 Å². The molecule has 6 rings (SSSR count). The molecule has 6 aromatic heterocycles. The lowest BCUT2D eigenvalue weighted by Crippen LogP contribution is -2.33. The van der Waals surface area contributed by atoms with Crippen LogP contribution in [0.4, 0.5) is 10.1 Å². The molecule has 0 aliphatic rings. The van der Waals surface area contributed by atoms with E-state index in [1.54, 1.807) is 37.2 Å². The molecule has 6 aromatic rings. The van der Waals surface area contributed by atoms with E-state index >= 15 is 4.39 Å². The summed E-state index contributed by atoms with van der Waals surface area (Å²) >= 11 is 0. The van der Waals surface area contributed by atoms with Crippen molar-refractivity contribution in [1.82, 2.24) is 35.1 Å². The van der Waals surface area contributed by atoms with Crippen molar-refractivity contribution in [3.05, 3.63) is 61.5 Å². The molecule has 0 radical (unpaired) electrons. The van der Waals surface area contributed by atoms with E-state index in [1.165, 1.54) is 12.4 Å². The molecule has 0 saturated carbocycles. The van der Waals surface area contributed by atoms with Gasteiger partial charge in [0.05, 0.1) is 53.2 Å². The van der Waals surface area contributed by atoms with Crippen molar-refractivity contribution < 1.29 is 13.9 Å². The molecule has 6 heterocycles. The van der Waals surface area contributed by atoms with Gasteiger partial charge in [-0.1, -0.05) is 20.8 Å². The Labute approximate surface area is 210 Å². The number of aromatic amines is 2. The van der Waals surface area contributed by atoms with Crippen LogP contribution < -0.4 is 5.32 Å². The monoisotopic (exact) mass is 498 g/mol. The molecule has 0 fully saturated rings. The summed E-state index contributed by atoms with van der Waals surface area (Å²) in [6.45, 7) is 5.72. The summed E-state index contributed by atoms with van der Waals surface area (Å²) in [6, 6.07) is 3.52. The molecule has 11 heteroatoms. The van der Waals surface area contributed by atoms with Crippen molar-refractivity contribution in [1.29, 1.82) is 0 Å². The summed E-state index contributed by atoms with van der Waals surface area (Å²) in [4.78, 5) is 20.7. The van der Waals surface area contributed by atoms with Crippen LogP contribution >= 0.6 is 0 Å². The van der Waals surface area contributed by atoms with Gasteiger partial charge in [-0.15, -0.1) is 0 Å². The molecule has 10 nitrogen and oxygen atoms in total. The van der Waals surface area contributed by atoms with E-state index in [0.717, 1.165) is 11.1 Å². The van der Waals surface area contributed by atoms with Gasteiger partial charge >= 0.3 is 0 Å². The fourth-order valence-corrected chi connectivity index (χ4v) is 4.04. The first-order valence-electron chi connectivity index (χ1n) is 11.6. The second-order valence-corrected chi connectivity index (χ2v) is 9.84. The quantitative estimate of drug-likeness (QED) is 0.240. The topological polar surface area (TPSA) is 141 Å². The molecule has 0 aromatic carbocycles. The number of hydrogen-bond acceptors (Lipinski definition) is 8. The molecule has 1 atom stereocenters. The van der Waals surface area contributed by atoms with Crippen LogP contribution in [-0.2, 0) is 0 Å². The zero-order valence-corrected chi connectivity index (χ0v) is 20.2. The molecular formula is C26H23FN8O2. The number of rotatable bonds is 5. The number of nitrogens with one attached hydrogen (secondary N) is 3. The van der Waals surface area contributed by atoms with E-state index in [1.807, 2.05) is 26.8 Å². The average molecular weight is 499 g/mol. The Balaban J connectivity index is 1.44. The zero-order chi connectivity index (χ0) is 25.7. The van der Waals surface area contributed by atoms with Crippen LogP contribution in [0.2, 0.25) is 0 Å². The minimum absolute atomic E-state index is 0.105. The molecule has 0 amide bonds. The smallest absolute Gasteiger partial charge is 0.161 e. The lowest BCUT2D eigenvalue weighted by molar-refractivity contribution is 0.0880. The van der Waals surface area contributed by atoms with Gasteiger partial charge in [-0.3, -0.25) is 20.1 Å². The average Bonchev–Trinajstić information content (AvgIpc) is 3.63. The van der Waals surface area contributed by atoms with E-state index in [2.05, 4.69) is 35.5 Å². The van der Waals surface area contributed by atoms with Crippen LogP contribution in [-0.4, -0.2) is 46.5 Å². The summed E-state index contributed by atoms with van der Waals surface area (Å²) in [5.41, 5.74) is 4.41. The first kappa shape index (κ1) is 22.8. The maximum Gasteiger partial charge on any atom is 0.161 e. The van der Waals surface area contributed by atoms with E-state index in [4.69, 9.17) is 9.40 Å². The maximum absolute atomic E-state index is 16.0. The summed E-state index contributed by atoms with van der Waals surface area (Å²) in [7, 11) is 0. The number of imidazole rings is 1. The highest BCUT2D eigenvalue weighted by molar-refractivity contribution is 5.97. The van der Waals surface area contributed by atoms with Crippen LogP contribution in [0.25, 0.3) is 55.8 Å². The normalized spacial score (nSPS) is 12.9. The van der Waals surface area contributed by atoms with Crippen molar-refractivity contribution in [3.8, 4) is 33.9 Å². The van der Waals surface area contributed by atoms with E-state index in [9.17, 15) is 5.11 Å². The number of aromatic nitrogens is 7. The predicted molar refractivity (Wildman–Crippen MR) is 137 cm³/mol. The van der Waals surface area contributed by atoms with Crippen molar-refractivity contribution >= 4 is 27.6 Å². The first-order chi connectivity index (χ1) is 17.8. The zero-order valence-electron chi connectivity index (χ0n) is 20.2. The van der Waals surface area contributed by atoms with E-state index in [0.29, 0.717) is 39.3 Å². The molecular weight excluding hydrogens is 475 g/mol. The number of pyridine rings is 3. The second-order valence-electron chi connectivity index (χ2n) is 9.84. The predicted octanol–water partition coefficient (Wildman–Crippen LogP) is 5.13. The minimum atomic E-state index is -0.820. The van der Waals surface area contributed by atoms with Crippen molar-refractivity contribution in [2.75, 3.05) is 5.32 Å². The Kier molecular flexibility index (Phi) is 5.23. The summed E-state index contributed by atoms with van der Waals surface area (Å²) in [6.07, 6.45) is 10.3. The molecule has 0 aliphatic carbocycles. The molecule has 0 saturated heterocycles. The third-order valence-electron chi connectivity index (χ3n) is 6.13. The minimum Gasteiger partial charge on any atom is -0.472 e. The summed E-state index contributed by atoms with van der Waals surface area (Å²) < 4.78 is 21.2. The lowest BCUT2D eigenvalue weighted by atomic mass is 9.94. The first-order valence-corrected chi connectivity index (χ1v) is 11.6. The Morgan fingerprint density at radius 3 is 2.65 bits per heavy atom. The van der Waals surface area contributed by atoms with E-state index < -0.39 is 17.5 Å². The number of halogens is 1. The number of furan rings is 1. The second kappa shape index (κ2) is 8.49. The van der Waals surface area contributed by atoms with Crippen LogP contribution in [0.5, 0.6) is 0 Å². The van der Waals surface area contributed by atoms with Gasteiger partial charge in [-0.25, -0.2) is 9.37 Å². The molecule has 37 heavy (non-hydrogen) atoms. The number of H-pyrrole nitrogens is 2. The number of nitrogens with zero attached hydrogens (tertiary/aromatic N) is 5. The Hall–Kier alpha value is -4.64. The van der Waals surface area contributed by atoms with Crippen LogP contribution in [0.1, 0.15) is 20.8 Å². The van der Waals surface area contributed by atoms with Gasteiger partial charge in [0.2, 0.25) is 0 Å². The maximum atomic E-state index is 16.0. The Bertz CT molecular complexity index is 1730. The molecule has 186 valence electrons. The highest BCUT2D eigenvalue weighted by atomic mass is 19.1. The summed E-state index contributed by atoms with van der Waals surface area (Å²) in [5.74, 6) is -0.179. The van der Waals surface area contributed by atoms with Crippen LogP contribution in [0, 0.1) is 11.2 Å². The van der Waals surface area contributed by atoms with Gasteiger partial charge in [0.25, 0.3) is 0 Å². The van der Waals surface area contributed by atoms with Crippen molar-refractivity contribution in [2.45, 2.75) is 27.0 Å². The number of anilines is 1. The number of hydrogen-bond donors (Lipinski definition) is 4. The van der Waals surface area contributed by atoms with Crippen molar-refractivity contribution in [3.63, 3.8) is 0 Å². The number of fused-ring (bicyclic) bond motifs is 2. The van der Waals surface area contributed by atoms with Crippen LogP contribution in [0.15, 0.2) is 60.1 Å². The highest BCUT2D eigenvalue weighted by Gasteiger charge is 2.24. The molecule has 0 bridgehead atoms. The molecule has 0 aliphatic heterocycles. The number of aliphatic hydroxyl groups is 1.